The van der Waals surface area contributed by atoms with Gasteiger partial charge in [0, 0.05) is 23.3 Å². The minimum absolute atomic E-state index is 0.200. The molecule has 1 amide bonds. The normalized spacial score (nSPS) is 16.8. The van der Waals surface area contributed by atoms with Crippen LogP contribution in [0.2, 0.25) is 0 Å². The topological polar surface area (TPSA) is 20.3 Å². The highest BCUT2D eigenvalue weighted by Crippen LogP contribution is 2.24. The van der Waals surface area contributed by atoms with Crippen LogP contribution in [0, 0.1) is 0 Å². The van der Waals surface area contributed by atoms with Crippen molar-refractivity contribution in [1.82, 2.24) is 4.90 Å². The van der Waals surface area contributed by atoms with Gasteiger partial charge in [-0.15, -0.1) is 11.3 Å². The Balaban J connectivity index is 2.00. The van der Waals surface area contributed by atoms with Gasteiger partial charge in [-0.05, 0) is 36.8 Å². The van der Waals surface area contributed by atoms with Crippen LogP contribution in [0.3, 0.4) is 0 Å². The first-order valence-electron chi connectivity index (χ1n) is 6.64. The summed E-state index contributed by atoms with van der Waals surface area (Å²) in [6, 6.07) is 2.51. The Bertz CT molecular complexity index is 396. The number of thiophene rings is 1. The first kappa shape index (κ1) is 13.9. The van der Waals surface area contributed by atoms with Crippen LogP contribution in [0.25, 0.3) is 0 Å². The number of hydrogen-bond acceptors (Lipinski definition) is 3. The third-order valence-corrected chi connectivity index (χ3v) is 5.50. The molecule has 0 unspecified atom stereocenters. The predicted octanol–water partition coefficient (Wildman–Crippen LogP) is 3.67. The summed E-state index contributed by atoms with van der Waals surface area (Å²) >= 11 is 3.71. The predicted molar refractivity (Wildman–Crippen MR) is 80.8 cm³/mol. The maximum absolute atomic E-state index is 12.4. The molecule has 0 aromatic carbocycles. The maximum atomic E-state index is 12.4. The van der Waals surface area contributed by atoms with Crippen LogP contribution in [-0.4, -0.2) is 35.4 Å². The molecule has 0 atom stereocenters. The van der Waals surface area contributed by atoms with Gasteiger partial charge in [-0.25, -0.2) is 0 Å². The molecule has 2 nitrogen and oxygen atoms in total. The van der Waals surface area contributed by atoms with E-state index in [0.29, 0.717) is 6.04 Å². The van der Waals surface area contributed by atoms with Gasteiger partial charge in [-0.3, -0.25) is 4.79 Å². The monoisotopic (exact) mass is 283 g/mol. The Kier molecular flexibility index (Phi) is 5.13. The molecule has 1 aromatic rings. The number of carbonyl (C=O) groups excluding carboxylic acids is 1. The zero-order chi connectivity index (χ0) is 13.0. The fraction of sp³-hybridized carbons (Fsp3) is 0.643. The summed E-state index contributed by atoms with van der Waals surface area (Å²) in [5.74, 6) is 2.57. The highest BCUT2D eigenvalue weighted by molar-refractivity contribution is 7.99. The number of thioether (sulfide) groups is 1. The quantitative estimate of drug-likeness (QED) is 0.840. The van der Waals surface area contributed by atoms with Crippen molar-refractivity contribution < 1.29 is 4.79 Å². The lowest BCUT2D eigenvalue weighted by Gasteiger charge is -2.30. The SMILES string of the molecule is CCCc1cc(C(=O)N(C)C2CCSCC2)cs1. The molecule has 0 N–H and O–H groups in total. The Hall–Kier alpha value is -0.480. The fourth-order valence-corrected chi connectivity index (χ4v) is 4.36. The van der Waals surface area contributed by atoms with Crippen LogP contribution in [0.1, 0.15) is 41.4 Å². The molecule has 0 radical (unpaired) electrons. The Morgan fingerprint density at radius 2 is 2.17 bits per heavy atom. The van der Waals surface area contributed by atoms with Gasteiger partial charge in [-0.1, -0.05) is 13.3 Å². The molecule has 0 bridgehead atoms. The van der Waals surface area contributed by atoms with Gasteiger partial charge in [0.15, 0.2) is 0 Å². The zero-order valence-corrected chi connectivity index (χ0v) is 12.8. The molecule has 1 aliphatic heterocycles. The van der Waals surface area contributed by atoms with Gasteiger partial charge in [-0.2, -0.15) is 11.8 Å². The number of rotatable bonds is 4. The van der Waals surface area contributed by atoms with Crippen molar-refractivity contribution >= 4 is 29.0 Å². The van der Waals surface area contributed by atoms with E-state index >= 15 is 0 Å². The summed E-state index contributed by atoms with van der Waals surface area (Å²) in [5, 5.41) is 2.02. The van der Waals surface area contributed by atoms with Crippen molar-refractivity contribution in [3.8, 4) is 0 Å². The molecule has 100 valence electrons. The van der Waals surface area contributed by atoms with E-state index in [2.05, 4.69) is 13.0 Å². The summed E-state index contributed by atoms with van der Waals surface area (Å²) in [5.41, 5.74) is 0.879. The van der Waals surface area contributed by atoms with E-state index in [1.807, 2.05) is 29.1 Å². The molecule has 1 aromatic heterocycles. The number of amides is 1. The van der Waals surface area contributed by atoms with E-state index in [1.165, 1.54) is 16.4 Å². The van der Waals surface area contributed by atoms with Gasteiger partial charge in [0.2, 0.25) is 0 Å². The second kappa shape index (κ2) is 6.62. The Morgan fingerprint density at radius 1 is 1.44 bits per heavy atom. The average molecular weight is 283 g/mol. The second-order valence-corrected chi connectivity index (χ2v) is 7.03. The first-order chi connectivity index (χ1) is 8.72. The molecule has 4 heteroatoms. The van der Waals surface area contributed by atoms with Crippen LogP contribution in [0.15, 0.2) is 11.4 Å². The largest absolute Gasteiger partial charge is 0.339 e. The van der Waals surface area contributed by atoms with Crippen molar-refractivity contribution in [2.75, 3.05) is 18.6 Å². The van der Waals surface area contributed by atoms with Crippen molar-refractivity contribution in [3.05, 3.63) is 21.9 Å². The van der Waals surface area contributed by atoms with Gasteiger partial charge < -0.3 is 4.90 Å². The fourth-order valence-electron chi connectivity index (χ4n) is 2.31. The number of hydrogen-bond donors (Lipinski definition) is 0. The van der Waals surface area contributed by atoms with Crippen LogP contribution in [0.5, 0.6) is 0 Å². The highest BCUT2D eigenvalue weighted by atomic mass is 32.2. The molecule has 0 saturated carbocycles. The third kappa shape index (κ3) is 3.29. The molecule has 2 rings (SSSR count). The van der Waals surface area contributed by atoms with Crippen molar-refractivity contribution in [1.29, 1.82) is 0 Å². The van der Waals surface area contributed by atoms with E-state index in [-0.39, 0.29) is 5.91 Å². The minimum Gasteiger partial charge on any atom is -0.339 e. The Morgan fingerprint density at radius 3 is 2.83 bits per heavy atom. The van der Waals surface area contributed by atoms with Gasteiger partial charge >= 0.3 is 0 Å². The minimum atomic E-state index is 0.200. The zero-order valence-electron chi connectivity index (χ0n) is 11.1. The lowest BCUT2D eigenvalue weighted by Crippen LogP contribution is -2.39. The van der Waals surface area contributed by atoms with Crippen LogP contribution in [-0.2, 0) is 6.42 Å². The smallest absolute Gasteiger partial charge is 0.254 e. The van der Waals surface area contributed by atoms with E-state index in [1.54, 1.807) is 11.3 Å². The van der Waals surface area contributed by atoms with Gasteiger partial charge in [0.1, 0.15) is 0 Å². The Labute approximate surface area is 118 Å². The van der Waals surface area contributed by atoms with E-state index < -0.39 is 0 Å². The van der Waals surface area contributed by atoms with Crippen molar-refractivity contribution in [3.63, 3.8) is 0 Å². The van der Waals surface area contributed by atoms with Crippen LogP contribution < -0.4 is 0 Å². The first-order valence-corrected chi connectivity index (χ1v) is 8.68. The molecule has 18 heavy (non-hydrogen) atoms. The summed E-state index contributed by atoms with van der Waals surface area (Å²) in [6.07, 6.45) is 4.50. The summed E-state index contributed by atoms with van der Waals surface area (Å²) in [6.45, 7) is 2.17. The number of carbonyl (C=O) groups is 1. The standard InChI is InChI=1S/C14H21NOS2/c1-3-4-13-9-11(10-18-13)14(16)15(2)12-5-7-17-8-6-12/h9-10,12H,3-8H2,1-2H3. The van der Waals surface area contributed by atoms with Crippen LogP contribution in [0.4, 0.5) is 0 Å². The maximum Gasteiger partial charge on any atom is 0.254 e. The molecule has 0 aliphatic carbocycles. The molecular formula is C14H21NOS2. The highest BCUT2D eigenvalue weighted by Gasteiger charge is 2.23. The number of aryl methyl sites for hydroxylation is 1. The summed E-state index contributed by atoms with van der Waals surface area (Å²) < 4.78 is 0. The van der Waals surface area contributed by atoms with Crippen molar-refractivity contribution in [2.45, 2.75) is 38.6 Å². The molecule has 1 saturated heterocycles. The van der Waals surface area contributed by atoms with Crippen molar-refractivity contribution in [2.24, 2.45) is 0 Å². The van der Waals surface area contributed by atoms with E-state index in [9.17, 15) is 4.79 Å². The van der Waals surface area contributed by atoms with Crippen LogP contribution >= 0.6 is 23.1 Å². The van der Waals surface area contributed by atoms with Gasteiger partial charge in [0.05, 0.1) is 5.56 Å². The van der Waals surface area contributed by atoms with E-state index in [0.717, 1.165) is 31.2 Å². The lowest BCUT2D eigenvalue weighted by atomic mass is 10.1. The lowest BCUT2D eigenvalue weighted by molar-refractivity contribution is 0.0724. The third-order valence-electron chi connectivity index (χ3n) is 3.46. The molecule has 1 aliphatic rings. The summed E-state index contributed by atoms with van der Waals surface area (Å²) in [4.78, 5) is 15.7. The molecule has 2 heterocycles. The molecule has 0 spiro atoms. The summed E-state index contributed by atoms with van der Waals surface area (Å²) in [7, 11) is 1.96. The average Bonchev–Trinajstić information content (AvgIpc) is 2.87. The number of nitrogens with zero attached hydrogens (tertiary/aromatic N) is 1. The molecule has 1 fully saturated rings. The second-order valence-electron chi connectivity index (χ2n) is 4.81. The van der Waals surface area contributed by atoms with Gasteiger partial charge in [0.25, 0.3) is 5.91 Å². The molecular weight excluding hydrogens is 262 g/mol. The van der Waals surface area contributed by atoms with E-state index in [4.69, 9.17) is 0 Å².